The first kappa shape index (κ1) is 15.5. The van der Waals surface area contributed by atoms with Crippen LogP contribution in [0.1, 0.15) is 37.5 Å². The smallest absolute Gasteiger partial charge is 0.131 e. The molecule has 0 heterocycles. The summed E-state index contributed by atoms with van der Waals surface area (Å²) in [5.74, 6) is 1.67. The van der Waals surface area contributed by atoms with E-state index in [0.717, 1.165) is 17.1 Å². The van der Waals surface area contributed by atoms with Crippen molar-refractivity contribution in [1.29, 1.82) is 0 Å². The van der Waals surface area contributed by atoms with E-state index in [1.54, 1.807) is 0 Å². The fraction of sp³-hybridized carbons (Fsp3) is 0.278. The van der Waals surface area contributed by atoms with Crippen molar-refractivity contribution >= 4 is 17.2 Å². The first-order valence-corrected chi connectivity index (χ1v) is 7.37. The molecule has 0 saturated heterocycles. The summed E-state index contributed by atoms with van der Waals surface area (Å²) in [4.78, 5) is 0.396. The molecular weight excluding hydrogens is 278 g/mol. The van der Waals surface area contributed by atoms with Crippen molar-refractivity contribution in [2.75, 3.05) is 0 Å². The first-order valence-electron chi connectivity index (χ1n) is 6.96. The van der Waals surface area contributed by atoms with Gasteiger partial charge in [0, 0.05) is 11.1 Å². The van der Waals surface area contributed by atoms with Crippen LogP contribution in [0.15, 0.2) is 42.5 Å². The van der Waals surface area contributed by atoms with Gasteiger partial charge < -0.3 is 10.5 Å². The summed E-state index contributed by atoms with van der Waals surface area (Å²) in [5.41, 5.74) is 8.91. The van der Waals surface area contributed by atoms with Gasteiger partial charge in [0.2, 0.25) is 0 Å². The van der Waals surface area contributed by atoms with E-state index >= 15 is 0 Å². The van der Waals surface area contributed by atoms with Gasteiger partial charge in [0.05, 0.1) is 0 Å². The molecule has 21 heavy (non-hydrogen) atoms. The molecule has 0 radical (unpaired) electrons. The third kappa shape index (κ3) is 3.82. The van der Waals surface area contributed by atoms with Crippen molar-refractivity contribution in [2.45, 2.75) is 33.1 Å². The lowest BCUT2D eigenvalue weighted by molar-refractivity contribution is 0.455. The minimum Gasteiger partial charge on any atom is -0.457 e. The molecule has 2 rings (SSSR count). The Bertz CT molecular complexity index is 654. The van der Waals surface area contributed by atoms with Crippen molar-refractivity contribution in [3.8, 4) is 11.5 Å². The van der Waals surface area contributed by atoms with Crippen LogP contribution in [0.4, 0.5) is 0 Å². The van der Waals surface area contributed by atoms with Crippen LogP contribution in [0.25, 0.3) is 0 Å². The zero-order chi connectivity index (χ0) is 15.6. The molecule has 2 aromatic rings. The van der Waals surface area contributed by atoms with Gasteiger partial charge in [0.15, 0.2) is 0 Å². The van der Waals surface area contributed by atoms with Gasteiger partial charge in [-0.1, -0.05) is 50.7 Å². The van der Waals surface area contributed by atoms with E-state index in [2.05, 4.69) is 39.8 Å². The number of hydrogen-bond acceptors (Lipinski definition) is 2. The lowest BCUT2D eigenvalue weighted by Gasteiger charge is -2.23. The number of hydrogen-bond donors (Lipinski definition) is 1. The van der Waals surface area contributed by atoms with Crippen LogP contribution in [0.3, 0.4) is 0 Å². The molecule has 3 heteroatoms. The molecule has 0 aliphatic rings. The lowest BCUT2D eigenvalue weighted by atomic mass is 9.85. The highest BCUT2D eigenvalue weighted by Gasteiger charge is 2.19. The summed E-state index contributed by atoms with van der Waals surface area (Å²) < 4.78 is 6.04. The van der Waals surface area contributed by atoms with E-state index in [0.29, 0.717) is 4.99 Å². The molecular formula is C18H21NOS. The molecule has 0 fully saturated rings. The standard InChI is InChI=1S/C18H21NOS/c1-12-5-10-16(15(11-12)18(2,3)4)20-14-8-6-13(7-9-14)17(19)21/h5-11H,1-4H3,(H2,19,21). The van der Waals surface area contributed by atoms with Crippen LogP contribution in [0.2, 0.25) is 0 Å². The second-order valence-electron chi connectivity index (χ2n) is 6.24. The molecule has 0 aliphatic carbocycles. The number of nitrogens with two attached hydrogens (primary N) is 1. The summed E-state index contributed by atoms with van der Waals surface area (Å²) in [5, 5.41) is 0. The Labute approximate surface area is 131 Å². The summed E-state index contributed by atoms with van der Waals surface area (Å²) in [6.07, 6.45) is 0. The van der Waals surface area contributed by atoms with Crippen LogP contribution in [0, 0.1) is 6.92 Å². The predicted molar refractivity (Wildman–Crippen MR) is 92.3 cm³/mol. The Morgan fingerprint density at radius 2 is 1.67 bits per heavy atom. The van der Waals surface area contributed by atoms with Crippen molar-refractivity contribution in [3.63, 3.8) is 0 Å². The average Bonchev–Trinajstić information content (AvgIpc) is 2.40. The van der Waals surface area contributed by atoms with E-state index in [9.17, 15) is 0 Å². The Kier molecular flexibility index (Phi) is 4.33. The Hall–Kier alpha value is -1.87. The van der Waals surface area contributed by atoms with Crippen molar-refractivity contribution in [1.82, 2.24) is 0 Å². The fourth-order valence-corrected chi connectivity index (χ4v) is 2.27. The third-order valence-corrected chi connectivity index (χ3v) is 3.55. The maximum absolute atomic E-state index is 6.04. The highest BCUT2D eigenvalue weighted by atomic mass is 32.1. The largest absolute Gasteiger partial charge is 0.457 e. The van der Waals surface area contributed by atoms with Crippen LogP contribution in [-0.2, 0) is 5.41 Å². The summed E-state index contributed by atoms with van der Waals surface area (Å²) in [7, 11) is 0. The topological polar surface area (TPSA) is 35.2 Å². The molecule has 0 bridgehead atoms. The van der Waals surface area contributed by atoms with Crippen LogP contribution < -0.4 is 10.5 Å². The molecule has 0 spiro atoms. The van der Waals surface area contributed by atoms with Crippen molar-refractivity contribution < 1.29 is 4.74 Å². The summed E-state index contributed by atoms with van der Waals surface area (Å²) in [6.45, 7) is 8.65. The van der Waals surface area contributed by atoms with E-state index < -0.39 is 0 Å². The maximum Gasteiger partial charge on any atom is 0.131 e. The van der Waals surface area contributed by atoms with Crippen LogP contribution in [-0.4, -0.2) is 4.99 Å². The molecule has 2 nitrogen and oxygen atoms in total. The summed E-state index contributed by atoms with van der Waals surface area (Å²) in [6, 6.07) is 13.8. The molecule has 110 valence electrons. The molecule has 0 aliphatic heterocycles. The van der Waals surface area contributed by atoms with Crippen LogP contribution >= 0.6 is 12.2 Å². The van der Waals surface area contributed by atoms with Gasteiger partial charge in [-0.25, -0.2) is 0 Å². The molecule has 2 N–H and O–H groups in total. The minimum absolute atomic E-state index is 0.0279. The maximum atomic E-state index is 6.04. The second kappa shape index (κ2) is 5.86. The van der Waals surface area contributed by atoms with E-state index in [1.165, 1.54) is 11.1 Å². The Balaban J connectivity index is 2.33. The Morgan fingerprint density at radius 1 is 1.05 bits per heavy atom. The van der Waals surface area contributed by atoms with Gasteiger partial charge in [-0.05, 0) is 42.7 Å². The van der Waals surface area contributed by atoms with Gasteiger partial charge in [0.1, 0.15) is 16.5 Å². The zero-order valence-electron chi connectivity index (χ0n) is 12.9. The van der Waals surface area contributed by atoms with E-state index in [1.807, 2.05) is 30.3 Å². The fourth-order valence-electron chi connectivity index (χ4n) is 2.13. The monoisotopic (exact) mass is 299 g/mol. The molecule has 0 amide bonds. The van der Waals surface area contributed by atoms with Crippen molar-refractivity contribution in [3.05, 3.63) is 59.2 Å². The average molecular weight is 299 g/mol. The molecule has 0 aromatic heterocycles. The molecule has 2 aromatic carbocycles. The van der Waals surface area contributed by atoms with E-state index in [-0.39, 0.29) is 5.41 Å². The zero-order valence-corrected chi connectivity index (χ0v) is 13.8. The molecule has 0 atom stereocenters. The molecule has 0 saturated carbocycles. The van der Waals surface area contributed by atoms with Gasteiger partial charge in [-0.15, -0.1) is 0 Å². The van der Waals surface area contributed by atoms with Crippen molar-refractivity contribution in [2.24, 2.45) is 5.73 Å². The Morgan fingerprint density at radius 3 is 2.19 bits per heavy atom. The van der Waals surface area contributed by atoms with Gasteiger partial charge in [0.25, 0.3) is 0 Å². The molecule has 0 unspecified atom stereocenters. The van der Waals surface area contributed by atoms with E-state index in [4.69, 9.17) is 22.7 Å². The predicted octanol–water partition coefficient (Wildman–Crippen LogP) is 4.72. The normalized spacial score (nSPS) is 11.2. The van der Waals surface area contributed by atoms with Crippen LogP contribution in [0.5, 0.6) is 11.5 Å². The summed E-state index contributed by atoms with van der Waals surface area (Å²) >= 11 is 4.96. The quantitative estimate of drug-likeness (QED) is 0.833. The first-order chi connectivity index (χ1) is 9.77. The third-order valence-electron chi connectivity index (χ3n) is 3.31. The van der Waals surface area contributed by atoms with Gasteiger partial charge >= 0.3 is 0 Å². The van der Waals surface area contributed by atoms with Gasteiger partial charge in [-0.2, -0.15) is 0 Å². The number of aryl methyl sites for hydroxylation is 1. The number of benzene rings is 2. The van der Waals surface area contributed by atoms with Gasteiger partial charge in [-0.3, -0.25) is 0 Å². The minimum atomic E-state index is 0.0279. The number of rotatable bonds is 3. The highest BCUT2D eigenvalue weighted by Crippen LogP contribution is 2.34. The second-order valence-corrected chi connectivity index (χ2v) is 6.68. The number of ether oxygens (including phenoxy) is 1. The SMILES string of the molecule is Cc1ccc(Oc2ccc(C(N)=S)cc2)c(C(C)(C)C)c1. The highest BCUT2D eigenvalue weighted by molar-refractivity contribution is 7.80. The lowest BCUT2D eigenvalue weighted by Crippen LogP contribution is -2.13. The number of thiocarbonyl (C=S) groups is 1.